The molecule has 0 atom stereocenters. The molecule has 2 aromatic heterocycles. The summed E-state index contributed by atoms with van der Waals surface area (Å²) in [5.74, 6) is -0.859. The van der Waals surface area contributed by atoms with E-state index >= 15 is 0 Å². The zero-order valence-corrected chi connectivity index (χ0v) is 12.1. The first-order valence-electron chi connectivity index (χ1n) is 6.66. The molecule has 108 valence electrons. The first-order valence-corrected chi connectivity index (χ1v) is 7.47. The van der Waals surface area contributed by atoms with Gasteiger partial charge in [0, 0.05) is 36.7 Å². The van der Waals surface area contributed by atoms with Crippen molar-refractivity contribution < 1.29 is 9.90 Å². The van der Waals surface area contributed by atoms with Crippen LogP contribution in [0.2, 0.25) is 0 Å². The first kappa shape index (κ1) is 13.8. The predicted octanol–water partition coefficient (Wildman–Crippen LogP) is 2.59. The van der Waals surface area contributed by atoms with Gasteiger partial charge in [0.2, 0.25) is 0 Å². The number of carboxylic acid groups (broad SMARTS) is 1. The molecule has 0 saturated carbocycles. The zero-order valence-electron chi connectivity index (χ0n) is 11.3. The Morgan fingerprint density at radius 1 is 1.38 bits per heavy atom. The van der Waals surface area contributed by atoms with Crippen molar-refractivity contribution in [2.75, 3.05) is 6.54 Å². The molecule has 1 aromatic carbocycles. The van der Waals surface area contributed by atoms with Crippen molar-refractivity contribution in [3.8, 4) is 0 Å². The minimum Gasteiger partial charge on any atom is -0.477 e. The van der Waals surface area contributed by atoms with Crippen LogP contribution in [0.1, 0.15) is 15.2 Å². The number of benzene rings is 1. The largest absolute Gasteiger partial charge is 0.477 e. The van der Waals surface area contributed by atoms with Crippen molar-refractivity contribution in [3.63, 3.8) is 0 Å². The number of nitrogens with one attached hydrogen (secondary N) is 1. The predicted molar refractivity (Wildman–Crippen MR) is 82.7 cm³/mol. The van der Waals surface area contributed by atoms with Crippen molar-refractivity contribution in [2.45, 2.75) is 13.1 Å². The van der Waals surface area contributed by atoms with Gasteiger partial charge in [0.1, 0.15) is 4.88 Å². The highest BCUT2D eigenvalue weighted by atomic mass is 32.1. The van der Waals surface area contributed by atoms with Crippen molar-refractivity contribution in [1.82, 2.24) is 14.9 Å². The number of imidazole rings is 1. The van der Waals surface area contributed by atoms with Crippen molar-refractivity contribution in [2.24, 2.45) is 0 Å². The van der Waals surface area contributed by atoms with Crippen LogP contribution in [0.4, 0.5) is 0 Å². The van der Waals surface area contributed by atoms with E-state index in [2.05, 4.69) is 10.3 Å². The molecule has 6 heteroatoms. The highest BCUT2D eigenvalue weighted by molar-refractivity contribution is 7.21. The molecule has 0 bridgehead atoms. The molecular weight excluding hydrogens is 286 g/mol. The average Bonchev–Trinajstić information content (AvgIpc) is 3.11. The van der Waals surface area contributed by atoms with Gasteiger partial charge < -0.3 is 15.0 Å². The molecule has 2 N–H and O–H groups in total. The fraction of sp³-hybridized carbons (Fsp3) is 0.200. The molecule has 0 aliphatic heterocycles. The number of aromatic nitrogens is 2. The molecule has 21 heavy (non-hydrogen) atoms. The van der Waals surface area contributed by atoms with Crippen LogP contribution < -0.4 is 5.32 Å². The maximum Gasteiger partial charge on any atom is 0.346 e. The number of carbonyl (C=O) groups is 1. The van der Waals surface area contributed by atoms with Gasteiger partial charge in [-0.2, -0.15) is 0 Å². The molecule has 3 aromatic rings. The minimum atomic E-state index is -0.859. The van der Waals surface area contributed by atoms with Crippen LogP contribution in [-0.4, -0.2) is 27.2 Å². The number of hydrogen-bond donors (Lipinski definition) is 2. The molecule has 0 amide bonds. The van der Waals surface area contributed by atoms with E-state index in [0.717, 1.165) is 28.7 Å². The first-order chi connectivity index (χ1) is 10.3. The van der Waals surface area contributed by atoms with E-state index in [1.807, 2.05) is 35.0 Å². The van der Waals surface area contributed by atoms with Crippen molar-refractivity contribution >= 4 is 27.4 Å². The van der Waals surface area contributed by atoms with Crippen LogP contribution >= 0.6 is 11.3 Å². The van der Waals surface area contributed by atoms with E-state index in [4.69, 9.17) is 0 Å². The van der Waals surface area contributed by atoms with Crippen LogP contribution in [0, 0.1) is 0 Å². The van der Waals surface area contributed by atoms with Crippen molar-refractivity contribution in [3.05, 3.63) is 53.4 Å². The smallest absolute Gasteiger partial charge is 0.346 e. The number of rotatable bonds is 6. The molecule has 0 aliphatic carbocycles. The van der Waals surface area contributed by atoms with Crippen LogP contribution in [0.25, 0.3) is 10.1 Å². The fourth-order valence-electron chi connectivity index (χ4n) is 2.29. The van der Waals surface area contributed by atoms with Gasteiger partial charge in [0.05, 0.1) is 6.33 Å². The van der Waals surface area contributed by atoms with Gasteiger partial charge >= 0.3 is 5.97 Å². The van der Waals surface area contributed by atoms with Gasteiger partial charge in [-0.1, -0.05) is 18.2 Å². The number of aromatic carboxylic acids is 1. The second-order valence-electron chi connectivity index (χ2n) is 4.69. The zero-order chi connectivity index (χ0) is 14.7. The van der Waals surface area contributed by atoms with E-state index in [0.29, 0.717) is 11.4 Å². The molecule has 0 fully saturated rings. The summed E-state index contributed by atoms with van der Waals surface area (Å²) in [5.41, 5.74) is 0.869. The van der Waals surface area contributed by atoms with E-state index in [9.17, 15) is 9.90 Å². The summed E-state index contributed by atoms with van der Waals surface area (Å²) in [4.78, 5) is 15.8. The normalized spacial score (nSPS) is 11.0. The molecule has 3 rings (SSSR count). The van der Waals surface area contributed by atoms with Crippen LogP contribution in [0.5, 0.6) is 0 Å². The lowest BCUT2D eigenvalue weighted by Gasteiger charge is -2.06. The van der Waals surface area contributed by atoms with Crippen molar-refractivity contribution in [1.29, 1.82) is 0 Å². The maximum absolute atomic E-state index is 11.4. The molecule has 0 radical (unpaired) electrons. The standard InChI is InChI=1S/C15H15N3O2S/c19-15(20)14-12(11-3-1-2-4-13(11)21-14)9-16-5-7-18-8-6-17-10-18/h1-4,6,8,10,16H,5,7,9H2,(H,19,20). The summed E-state index contributed by atoms with van der Waals surface area (Å²) >= 11 is 1.33. The van der Waals surface area contributed by atoms with Gasteiger partial charge in [-0.3, -0.25) is 0 Å². The molecule has 0 saturated heterocycles. The summed E-state index contributed by atoms with van der Waals surface area (Å²) < 4.78 is 3.00. The lowest BCUT2D eigenvalue weighted by Crippen LogP contribution is -2.19. The third-order valence-corrected chi connectivity index (χ3v) is 4.50. The van der Waals surface area contributed by atoms with Crippen LogP contribution in [0.15, 0.2) is 43.0 Å². The Hall–Kier alpha value is -2.18. The number of hydrogen-bond acceptors (Lipinski definition) is 4. The van der Waals surface area contributed by atoms with Gasteiger partial charge in [-0.15, -0.1) is 11.3 Å². The van der Waals surface area contributed by atoms with E-state index in [-0.39, 0.29) is 0 Å². The SMILES string of the molecule is O=C(O)c1sc2ccccc2c1CNCCn1ccnc1. The quantitative estimate of drug-likeness (QED) is 0.687. The summed E-state index contributed by atoms with van der Waals surface area (Å²) in [5, 5.41) is 13.7. The summed E-state index contributed by atoms with van der Waals surface area (Å²) in [7, 11) is 0. The number of carboxylic acids is 1. The molecule has 2 heterocycles. The van der Waals surface area contributed by atoms with Gasteiger partial charge in [-0.25, -0.2) is 9.78 Å². The van der Waals surface area contributed by atoms with Crippen LogP contribution in [0.3, 0.4) is 0 Å². The highest BCUT2D eigenvalue weighted by Gasteiger charge is 2.16. The number of fused-ring (bicyclic) bond motifs is 1. The fourth-order valence-corrected chi connectivity index (χ4v) is 3.35. The van der Waals surface area contributed by atoms with E-state index in [1.54, 1.807) is 12.5 Å². The summed E-state index contributed by atoms with van der Waals surface area (Å²) in [6, 6.07) is 7.81. The molecule has 5 nitrogen and oxygen atoms in total. The minimum absolute atomic E-state index is 0.423. The summed E-state index contributed by atoms with van der Waals surface area (Å²) in [6.07, 6.45) is 5.42. The third kappa shape index (κ3) is 2.96. The monoisotopic (exact) mass is 301 g/mol. The number of thiophene rings is 1. The third-order valence-electron chi connectivity index (χ3n) is 3.30. The average molecular weight is 301 g/mol. The lowest BCUT2D eigenvalue weighted by atomic mass is 10.1. The Labute approximate surface area is 125 Å². The Balaban J connectivity index is 1.73. The Morgan fingerprint density at radius 3 is 3.00 bits per heavy atom. The van der Waals surface area contributed by atoms with Gasteiger partial charge in [0.25, 0.3) is 0 Å². The van der Waals surface area contributed by atoms with E-state index in [1.165, 1.54) is 11.3 Å². The molecule has 0 spiro atoms. The topological polar surface area (TPSA) is 67.2 Å². The highest BCUT2D eigenvalue weighted by Crippen LogP contribution is 2.31. The molecular formula is C15H15N3O2S. The van der Waals surface area contributed by atoms with Gasteiger partial charge in [0.15, 0.2) is 0 Å². The number of nitrogens with zero attached hydrogens (tertiary/aromatic N) is 2. The second kappa shape index (κ2) is 6.07. The maximum atomic E-state index is 11.4. The Morgan fingerprint density at radius 2 is 2.24 bits per heavy atom. The summed E-state index contributed by atoms with van der Waals surface area (Å²) in [6.45, 7) is 2.13. The second-order valence-corrected chi connectivity index (χ2v) is 5.74. The van der Waals surface area contributed by atoms with Gasteiger partial charge in [-0.05, 0) is 17.0 Å². The van der Waals surface area contributed by atoms with E-state index < -0.39 is 5.97 Å². The van der Waals surface area contributed by atoms with Crippen LogP contribution in [-0.2, 0) is 13.1 Å². The molecule has 0 aliphatic rings. The molecule has 0 unspecified atom stereocenters. The lowest BCUT2D eigenvalue weighted by molar-refractivity contribution is 0.0701. The Kier molecular flexibility index (Phi) is 3.98. The Bertz CT molecular complexity index is 749.